The molecule has 0 heterocycles. The van der Waals surface area contributed by atoms with Crippen molar-refractivity contribution in [2.75, 3.05) is 26.2 Å². The molecule has 0 bridgehead atoms. The fourth-order valence-corrected chi connectivity index (χ4v) is 1.72. The number of amides is 1. The number of nitrogens with one attached hydrogen (secondary N) is 1. The van der Waals surface area contributed by atoms with Crippen LogP contribution in [0.4, 0.5) is 0 Å². The largest absolute Gasteiger partial charge is 0.389 e. The fourth-order valence-electron chi connectivity index (χ4n) is 1.72. The van der Waals surface area contributed by atoms with Crippen molar-refractivity contribution < 1.29 is 15.0 Å². The van der Waals surface area contributed by atoms with Crippen molar-refractivity contribution in [2.45, 2.75) is 38.9 Å². The SMILES string of the molecule is C=CC(=O)NCCN(CC(C)(C)O)CC(C)(C)O. The second kappa shape index (κ2) is 6.87. The molecule has 106 valence electrons. The van der Waals surface area contributed by atoms with E-state index >= 15 is 0 Å². The minimum atomic E-state index is -0.840. The number of rotatable bonds is 8. The van der Waals surface area contributed by atoms with Crippen LogP contribution in [0.25, 0.3) is 0 Å². The summed E-state index contributed by atoms with van der Waals surface area (Å²) in [7, 11) is 0. The van der Waals surface area contributed by atoms with E-state index in [0.29, 0.717) is 26.2 Å². The van der Waals surface area contributed by atoms with Crippen LogP contribution in [0.15, 0.2) is 12.7 Å². The summed E-state index contributed by atoms with van der Waals surface area (Å²) in [5, 5.41) is 22.3. The normalized spacial score (nSPS) is 12.6. The molecule has 0 saturated heterocycles. The molecule has 0 aromatic heterocycles. The Kier molecular flexibility index (Phi) is 6.52. The molecule has 18 heavy (non-hydrogen) atoms. The van der Waals surface area contributed by atoms with Crippen LogP contribution in [0.1, 0.15) is 27.7 Å². The Morgan fingerprint density at radius 1 is 1.22 bits per heavy atom. The van der Waals surface area contributed by atoms with Gasteiger partial charge >= 0.3 is 0 Å². The summed E-state index contributed by atoms with van der Waals surface area (Å²) >= 11 is 0. The van der Waals surface area contributed by atoms with Crippen LogP contribution in [0.5, 0.6) is 0 Å². The van der Waals surface area contributed by atoms with Crippen LogP contribution in [-0.2, 0) is 4.79 Å². The highest BCUT2D eigenvalue weighted by molar-refractivity contribution is 5.86. The third-order valence-electron chi connectivity index (χ3n) is 2.13. The van der Waals surface area contributed by atoms with E-state index in [9.17, 15) is 15.0 Å². The minimum Gasteiger partial charge on any atom is -0.389 e. The first-order valence-electron chi connectivity index (χ1n) is 6.11. The Morgan fingerprint density at radius 2 is 1.67 bits per heavy atom. The summed E-state index contributed by atoms with van der Waals surface area (Å²) in [6.45, 7) is 12.1. The quantitative estimate of drug-likeness (QED) is 0.541. The summed E-state index contributed by atoms with van der Waals surface area (Å²) < 4.78 is 0. The number of carbonyl (C=O) groups excluding carboxylic acids is 1. The molecule has 5 nitrogen and oxygen atoms in total. The molecular weight excluding hydrogens is 232 g/mol. The average Bonchev–Trinajstić information content (AvgIpc) is 2.12. The van der Waals surface area contributed by atoms with Crippen LogP contribution >= 0.6 is 0 Å². The molecule has 3 N–H and O–H groups in total. The van der Waals surface area contributed by atoms with Crippen molar-refractivity contribution in [3.8, 4) is 0 Å². The molecule has 1 amide bonds. The molecule has 0 aliphatic carbocycles. The monoisotopic (exact) mass is 258 g/mol. The van der Waals surface area contributed by atoms with Gasteiger partial charge in [0.25, 0.3) is 0 Å². The average molecular weight is 258 g/mol. The first-order chi connectivity index (χ1) is 8.03. The minimum absolute atomic E-state index is 0.221. The zero-order valence-electron chi connectivity index (χ0n) is 11.9. The first kappa shape index (κ1) is 17.1. The summed E-state index contributed by atoms with van der Waals surface area (Å²) in [6, 6.07) is 0. The van der Waals surface area contributed by atoms with E-state index < -0.39 is 11.2 Å². The molecule has 0 fully saturated rings. The van der Waals surface area contributed by atoms with Crippen molar-refractivity contribution in [3.63, 3.8) is 0 Å². The number of aliphatic hydroxyl groups is 2. The lowest BCUT2D eigenvalue weighted by molar-refractivity contribution is -0.116. The Balaban J connectivity index is 4.30. The lowest BCUT2D eigenvalue weighted by Gasteiger charge is -2.33. The maximum atomic E-state index is 11.0. The van der Waals surface area contributed by atoms with Gasteiger partial charge in [0.2, 0.25) is 5.91 Å². The number of carbonyl (C=O) groups is 1. The van der Waals surface area contributed by atoms with Crippen LogP contribution in [0.2, 0.25) is 0 Å². The van der Waals surface area contributed by atoms with Gasteiger partial charge < -0.3 is 15.5 Å². The molecule has 0 rings (SSSR count). The van der Waals surface area contributed by atoms with E-state index in [-0.39, 0.29) is 5.91 Å². The molecular formula is C13H26N2O3. The molecule has 5 heteroatoms. The molecule has 0 saturated carbocycles. The fraction of sp³-hybridized carbons (Fsp3) is 0.769. The van der Waals surface area contributed by atoms with Gasteiger partial charge in [0, 0.05) is 26.2 Å². The molecule has 0 unspecified atom stereocenters. The van der Waals surface area contributed by atoms with Crippen molar-refractivity contribution in [2.24, 2.45) is 0 Å². The molecule has 0 aliphatic rings. The molecule has 0 spiro atoms. The third kappa shape index (κ3) is 10.3. The van der Waals surface area contributed by atoms with Gasteiger partial charge in [-0.25, -0.2) is 0 Å². The molecule has 0 aromatic rings. The van der Waals surface area contributed by atoms with Gasteiger partial charge in [0.05, 0.1) is 11.2 Å². The maximum Gasteiger partial charge on any atom is 0.243 e. The van der Waals surface area contributed by atoms with Crippen molar-refractivity contribution in [1.82, 2.24) is 10.2 Å². The predicted molar refractivity (Wildman–Crippen MR) is 72.2 cm³/mol. The predicted octanol–water partition coefficient (Wildman–Crippen LogP) is 0.132. The third-order valence-corrected chi connectivity index (χ3v) is 2.13. The van der Waals surface area contributed by atoms with Crippen molar-refractivity contribution in [1.29, 1.82) is 0 Å². The van der Waals surface area contributed by atoms with Gasteiger partial charge in [-0.05, 0) is 33.8 Å². The van der Waals surface area contributed by atoms with Gasteiger partial charge in [-0.15, -0.1) is 0 Å². The van der Waals surface area contributed by atoms with E-state index in [1.807, 2.05) is 4.90 Å². The standard InChI is InChI=1S/C13H26N2O3/c1-6-11(16)14-7-8-15(9-12(2,3)17)10-13(4,5)18/h6,17-18H,1,7-10H2,2-5H3,(H,14,16). The molecule has 0 aromatic carbocycles. The van der Waals surface area contributed by atoms with Crippen LogP contribution in [-0.4, -0.2) is 58.4 Å². The van der Waals surface area contributed by atoms with Gasteiger partial charge in [-0.1, -0.05) is 6.58 Å². The zero-order valence-corrected chi connectivity index (χ0v) is 11.9. The number of hydrogen-bond donors (Lipinski definition) is 3. The summed E-state index contributed by atoms with van der Waals surface area (Å²) in [5.74, 6) is -0.221. The van der Waals surface area contributed by atoms with Crippen LogP contribution < -0.4 is 5.32 Å². The Morgan fingerprint density at radius 3 is 2.00 bits per heavy atom. The Bertz CT molecular complexity index is 261. The van der Waals surface area contributed by atoms with E-state index in [1.165, 1.54) is 6.08 Å². The highest BCUT2D eigenvalue weighted by Gasteiger charge is 2.23. The highest BCUT2D eigenvalue weighted by Crippen LogP contribution is 2.09. The van der Waals surface area contributed by atoms with Crippen molar-refractivity contribution >= 4 is 5.91 Å². The van der Waals surface area contributed by atoms with Gasteiger partial charge in [0.1, 0.15) is 0 Å². The topological polar surface area (TPSA) is 72.8 Å². The highest BCUT2D eigenvalue weighted by atomic mass is 16.3. The van der Waals surface area contributed by atoms with Gasteiger partial charge in [0.15, 0.2) is 0 Å². The van der Waals surface area contributed by atoms with E-state index in [4.69, 9.17) is 0 Å². The van der Waals surface area contributed by atoms with Gasteiger partial charge in [-0.2, -0.15) is 0 Å². The van der Waals surface area contributed by atoms with Crippen LogP contribution in [0.3, 0.4) is 0 Å². The van der Waals surface area contributed by atoms with Crippen molar-refractivity contribution in [3.05, 3.63) is 12.7 Å². The molecule has 0 aliphatic heterocycles. The molecule has 0 atom stereocenters. The van der Waals surface area contributed by atoms with Crippen LogP contribution in [0, 0.1) is 0 Å². The Hall–Kier alpha value is -0.910. The van der Waals surface area contributed by atoms with E-state index in [0.717, 1.165) is 0 Å². The second-order valence-electron chi connectivity index (χ2n) is 5.83. The lowest BCUT2D eigenvalue weighted by Crippen LogP contribution is -2.47. The summed E-state index contributed by atoms with van der Waals surface area (Å²) in [5.41, 5.74) is -1.68. The van der Waals surface area contributed by atoms with Gasteiger partial charge in [-0.3, -0.25) is 9.69 Å². The number of hydrogen-bond acceptors (Lipinski definition) is 4. The summed E-state index contributed by atoms with van der Waals surface area (Å²) in [6.07, 6.45) is 1.22. The first-order valence-corrected chi connectivity index (χ1v) is 6.11. The van der Waals surface area contributed by atoms with E-state index in [1.54, 1.807) is 27.7 Å². The second-order valence-corrected chi connectivity index (χ2v) is 5.83. The Labute approximate surface area is 109 Å². The lowest BCUT2D eigenvalue weighted by atomic mass is 10.1. The van der Waals surface area contributed by atoms with E-state index in [2.05, 4.69) is 11.9 Å². The molecule has 0 radical (unpaired) electrons. The number of nitrogens with zero attached hydrogens (tertiary/aromatic N) is 1. The summed E-state index contributed by atoms with van der Waals surface area (Å²) in [4.78, 5) is 12.9. The zero-order chi connectivity index (χ0) is 14.4. The smallest absolute Gasteiger partial charge is 0.243 e. The maximum absolute atomic E-state index is 11.0.